The van der Waals surface area contributed by atoms with Gasteiger partial charge in [0.15, 0.2) is 0 Å². The van der Waals surface area contributed by atoms with Gasteiger partial charge in [0.2, 0.25) is 5.91 Å². The Balaban J connectivity index is 2.75. The highest BCUT2D eigenvalue weighted by atomic mass is 16.5. The van der Waals surface area contributed by atoms with Gasteiger partial charge >= 0.3 is 0 Å². The van der Waals surface area contributed by atoms with Crippen LogP contribution in [0.4, 0.5) is 0 Å². The summed E-state index contributed by atoms with van der Waals surface area (Å²) in [5.74, 6) is 0.843. The van der Waals surface area contributed by atoms with Crippen LogP contribution in [0.25, 0.3) is 0 Å². The Morgan fingerprint density at radius 1 is 1.29 bits per heavy atom. The van der Waals surface area contributed by atoms with E-state index in [4.69, 9.17) is 4.74 Å². The van der Waals surface area contributed by atoms with Crippen LogP contribution in [0.1, 0.15) is 39.7 Å². The molecule has 0 aliphatic heterocycles. The topological polar surface area (TPSA) is 38.3 Å². The van der Waals surface area contributed by atoms with Crippen LogP contribution in [0.2, 0.25) is 0 Å². The SMILES string of the molecule is CCCOc1ccc(C(C)(C)NC(C)=O)cc1. The third kappa shape index (κ3) is 4.10. The molecule has 94 valence electrons. The van der Waals surface area contributed by atoms with Crippen LogP contribution in [0.15, 0.2) is 24.3 Å². The molecule has 3 nitrogen and oxygen atoms in total. The fourth-order valence-corrected chi connectivity index (χ4v) is 1.70. The van der Waals surface area contributed by atoms with E-state index in [0.29, 0.717) is 0 Å². The zero-order chi connectivity index (χ0) is 12.9. The predicted molar refractivity (Wildman–Crippen MR) is 69.1 cm³/mol. The molecule has 1 N–H and O–H groups in total. The first-order valence-corrected chi connectivity index (χ1v) is 5.98. The lowest BCUT2D eigenvalue weighted by atomic mass is 9.94. The lowest BCUT2D eigenvalue weighted by molar-refractivity contribution is -0.120. The standard InChI is InChI=1S/C14H21NO2/c1-5-10-17-13-8-6-12(7-9-13)14(3,4)15-11(2)16/h6-9H,5,10H2,1-4H3,(H,15,16). The third-order valence-electron chi connectivity index (χ3n) is 2.54. The Labute approximate surface area is 103 Å². The summed E-state index contributed by atoms with van der Waals surface area (Å²) >= 11 is 0. The van der Waals surface area contributed by atoms with Crippen molar-refractivity contribution in [2.45, 2.75) is 39.7 Å². The number of hydrogen-bond acceptors (Lipinski definition) is 2. The van der Waals surface area contributed by atoms with Crippen molar-refractivity contribution in [3.8, 4) is 5.75 Å². The van der Waals surface area contributed by atoms with Gasteiger partial charge in [-0.05, 0) is 38.0 Å². The van der Waals surface area contributed by atoms with Crippen molar-refractivity contribution in [3.63, 3.8) is 0 Å². The minimum absolute atomic E-state index is 0.0266. The number of nitrogens with one attached hydrogen (secondary N) is 1. The van der Waals surface area contributed by atoms with E-state index in [-0.39, 0.29) is 11.4 Å². The van der Waals surface area contributed by atoms with Crippen LogP contribution in [-0.2, 0) is 10.3 Å². The first kappa shape index (κ1) is 13.6. The molecule has 3 heteroatoms. The average molecular weight is 235 g/mol. The first-order chi connectivity index (χ1) is 7.95. The fourth-order valence-electron chi connectivity index (χ4n) is 1.70. The van der Waals surface area contributed by atoms with Crippen LogP contribution in [0.5, 0.6) is 5.75 Å². The van der Waals surface area contributed by atoms with Gasteiger partial charge in [-0.25, -0.2) is 0 Å². The van der Waals surface area contributed by atoms with Crippen molar-refractivity contribution in [2.75, 3.05) is 6.61 Å². The summed E-state index contributed by atoms with van der Waals surface area (Å²) in [6, 6.07) is 7.85. The molecule has 0 spiro atoms. The number of carbonyl (C=O) groups is 1. The van der Waals surface area contributed by atoms with Crippen molar-refractivity contribution in [1.82, 2.24) is 5.32 Å². The van der Waals surface area contributed by atoms with Crippen LogP contribution in [0.3, 0.4) is 0 Å². The van der Waals surface area contributed by atoms with E-state index < -0.39 is 0 Å². The highest BCUT2D eigenvalue weighted by molar-refractivity contribution is 5.74. The van der Waals surface area contributed by atoms with Crippen LogP contribution in [0, 0.1) is 0 Å². The molecule has 0 unspecified atom stereocenters. The number of rotatable bonds is 5. The van der Waals surface area contributed by atoms with Crippen LogP contribution in [-0.4, -0.2) is 12.5 Å². The minimum atomic E-state index is -0.352. The minimum Gasteiger partial charge on any atom is -0.494 e. The van der Waals surface area contributed by atoms with Crippen molar-refractivity contribution in [2.24, 2.45) is 0 Å². The van der Waals surface area contributed by atoms with Crippen molar-refractivity contribution >= 4 is 5.91 Å². The van der Waals surface area contributed by atoms with E-state index in [2.05, 4.69) is 12.2 Å². The fraction of sp³-hybridized carbons (Fsp3) is 0.500. The smallest absolute Gasteiger partial charge is 0.217 e. The van der Waals surface area contributed by atoms with Crippen LogP contribution >= 0.6 is 0 Å². The Morgan fingerprint density at radius 3 is 2.35 bits per heavy atom. The summed E-state index contributed by atoms with van der Waals surface area (Å²) in [6.07, 6.45) is 0.999. The Bertz CT molecular complexity index is 368. The summed E-state index contributed by atoms with van der Waals surface area (Å²) in [6.45, 7) is 8.30. The second-order valence-corrected chi connectivity index (χ2v) is 4.68. The number of benzene rings is 1. The van der Waals surface area contributed by atoms with E-state index in [1.807, 2.05) is 38.1 Å². The summed E-state index contributed by atoms with van der Waals surface area (Å²) in [7, 11) is 0. The number of amides is 1. The number of ether oxygens (including phenoxy) is 1. The summed E-state index contributed by atoms with van der Waals surface area (Å²) in [5.41, 5.74) is 0.714. The molecule has 1 aromatic carbocycles. The number of carbonyl (C=O) groups excluding carboxylic acids is 1. The largest absolute Gasteiger partial charge is 0.494 e. The third-order valence-corrected chi connectivity index (χ3v) is 2.54. The van der Waals surface area contributed by atoms with E-state index in [9.17, 15) is 4.79 Å². The summed E-state index contributed by atoms with van der Waals surface area (Å²) < 4.78 is 5.52. The molecule has 0 radical (unpaired) electrons. The van der Waals surface area contributed by atoms with Crippen molar-refractivity contribution < 1.29 is 9.53 Å². The molecule has 17 heavy (non-hydrogen) atoms. The monoisotopic (exact) mass is 235 g/mol. The molecule has 0 heterocycles. The Hall–Kier alpha value is -1.51. The summed E-state index contributed by atoms with van der Waals surface area (Å²) in [4.78, 5) is 11.1. The molecule has 0 aliphatic rings. The molecule has 1 amide bonds. The zero-order valence-electron chi connectivity index (χ0n) is 11.0. The average Bonchev–Trinajstić information content (AvgIpc) is 2.25. The van der Waals surface area contributed by atoms with Crippen LogP contribution < -0.4 is 10.1 Å². The van der Waals surface area contributed by atoms with E-state index in [0.717, 1.165) is 24.3 Å². The maximum absolute atomic E-state index is 11.1. The Kier molecular flexibility index (Phi) is 4.55. The first-order valence-electron chi connectivity index (χ1n) is 5.98. The Morgan fingerprint density at radius 2 is 1.88 bits per heavy atom. The molecule has 0 saturated carbocycles. The predicted octanol–water partition coefficient (Wildman–Crippen LogP) is 2.85. The van der Waals surface area contributed by atoms with Gasteiger partial charge in [-0.15, -0.1) is 0 Å². The van der Waals surface area contributed by atoms with Gasteiger partial charge in [0.1, 0.15) is 5.75 Å². The van der Waals surface area contributed by atoms with E-state index in [1.165, 1.54) is 6.92 Å². The quantitative estimate of drug-likeness (QED) is 0.852. The molecule has 0 saturated heterocycles. The van der Waals surface area contributed by atoms with Gasteiger partial charge < -0.3 is 10.1 Å². The number of hydrogen-bond donors (Lipinski definition) is 1. The molecule has 0 bridgehead atoms. The van der Waals surface area contributed by atoms with Gasteiger partial charge in [0.05, 0.1) is 12.1 Å². The van der Waals surface area contributed by atoms with E-state index in [1.54, 1.807) is 0 Å². The maximum atomic E-state index is 11.1. The van der Waals surface area contributed by atoms with E-state index >= 15 is 0 Å². The highest BCUT2D eigenvalue weighted by Gasteiger charge is 2.20. The van der Waals surface area contributed by atoms with Gasteiger partial charge in [-0.2, -0.15) is 0 Å². The summed E-state index contributed by atoms with van der Waals surface area (Å²) in [5, 5.41) is 2.92. The van der Waals surface area contributed by atoms with Gasteiger partial charge in [-0.1, -0.05) is 19.1 Å². The van der Waals surface area contributed by atoms with Crippen molar-refractivity contribution in [3.05, 3.63) is 29.8 Å². The maximum Gasteiger partial charge on any atom is 0.217 e. The second-order valence-electron chi connectivity index (χ2n) is 4.68. The molecule has 1 rings (SSSR count). The molecule has 0 aromatic heterocycles. The zero-order valence-corrected chi connectivity index (χ0v) is 11.0. The highest BCUT2D eigenvalue weighted by Crippen LogP contribution is 2.22. The van der Waals surface area contributed by atoms with Gasteiger partial charge in [0.25, 0.3) is 0 Å². The van der Waals surface area contributed by atoms with Gasteiger partial charge in [-0.3, -0.25) is 4.79 Å². The second kappa shape index (κ2) is 5.71. The molecular formula is C14H21NO2. The normalized spacial score (nSPS) is 11.1. The lowest BCUT2D eigenvalue weighted by Crippen LogP contribution is -2.39. The lowest BCUT2D eigenvalue weighted by Gasteiger charge is -2.26. The molecule has 1 aromatic rings. The van der Waals surface area contributed by atoms with Gasteiger partial charge in [0, 0.05) is 6.92 Å². The molecule has 0 aliphatic carbocycles. The molecule has 0 fully saturated rings. The molecule has 0 atom stereocenters. The van der Waals surface area contributed by atoms with Crippen molar-refractivity contribution in [1.29, 1.82) is 0 Å². The molecular weight excluding hydrogens is 214 g/mol.